The summed E-state index contributed by atoms with van der Waals surface area (Å²) in [4.78, 5) is 10.3. The van der Waals surface area contributed by atoms with E-state index in [2.05, 4.69) is 15.9 Å². The van der Waals surface area contributed by atoms with E-state index < -0.39 is 15.8 Å². The summed E-state index contributed by atoms with van der Waals surface area (Å²) in [5.41, 5.74) is 0. The van der Waals surface area contributed by atoms with Gasteiger partial charge in [0.05, 0.1) is 8.68 Å². The molecule has 13 heavy (non-hydrogen) atoms. The minimum atomic E-state index is -3.46. The van der Waals surface area contributed by atoms with Crippen LogP contribution < -0.4 is 0 Å². The van der Waals surface area contributed by atoms with Gasteiger partial charge in [0.25, 0.3) is 0 Å². The number of hydrogen-bond acceptors (Lipinski definition) is 4. The number of halogens is 1. The summed E-state index contributed by atoms with van der Waals surface area (Å²) >= 11 is 3.92. The first kappa shape index (κ1) is 10.7. The minimum absolute atomic E-state index is 0.142. The summed E-state index contributed by atoms with van der Waals surface area (Å²) in [6, 6.07) is 1.30. The third-order valence-corrected chi connectivity index (χ3v) is 4.14. The fourth-order valence-corrected chi connectivity index (χ4v) is 3.66. The van der Waals surface area contributed by atoms with Crippen molar-refractivity contribution in [2.24, 2.45) is 0 Å². The van der Waals surface area contributed by atoms with Crippen LogP contribution in [-0.2, 0) is 9.84 Å². The number of rotatable bonds is 2. The predicted molar refractivity (Wildman–Crippen MR) is 52.1 cm³/mol. The Morgan fingerprint density at radius 1 is 1.62 bits per heavy atom. The van der Waals surface area contributed by atoms with Crippen LogP contribution in [0.2, 0.25) is 0 Å². The maximum absolute atomic E-state index is 11.1. The largest absolute Gasteiger partial charge is 0.477 e. The molecule has 0 unspecified atom stereocenters. The van der Waals surface area contributed by atoms with Crippen molar-refractivity contribution in [1.82, 2.24) is 0 Å². The van der Waals surface area contributed by atoms with Crippen molar-refractivity contribution in [2.75, 3.05) is 6.26 Å². The molecule has 1 aromatic rings. The third kappa shape index (κ3) is 2.29. The van der Waals surface area contributed by atoms with E-state index in [1.54, 1.807) is 0 Å². The second-order valence-electron chi connectivity index (χ2n) is 2.32. The van der Waals surface area contributed by atoms with Crippen molar-refractivity contribution in [3.63, 3.8) is 0 Å². The second-order valence-corrected chi connectivity index (χ2v) is 6.74. The fourth-order valence-electron chi connectivity index (χ4n) is 0.770. The van der Waals surface area contributed by atoms with Gasteiger partial charge in [-0.3, -0.25) is 0 Å². The SMILES string of the molecule is CS(=O)(=O)c1cc(Br)sc1C(=O)O. The molecule has 0 aliphatic carbocycles. The molecule has 0 spiro atoms. The van der Waals surface area contributed by atoms with E-state index in [0.717, 1.165) is 17.6 Å². The molecular formula is C6H5BrO4S2. The first-order valence-electron chi connectivity index (χ1n) is 3.05. The van der Waals surface area contributed by atoms with E-state index in [-0.39, 0.29) is 9.77 Å². The van der Waals surface area contributed by atoms with Gasteiger partial charge in [-0.05, 0) is 22.0 Å². The van der Waals surface area contributed by atoms with Gasteiger partial charge in [0.15, 0.2) is 9.84 Å². The molecule has 1 aromatic heterocycles. The lowest BCUT2D eigenvalue weighted by Crippen LogP contribution is -2.03. The van der Waals surface area contributed by atoms with E-state index in [4.69, 9.17) is 5.11 Å². The number of carboxylic acid groups (broad SMARTS) is 1. The molecule has 0 aromatic carbocycles. The third-order valence-electron chi connectivity index (χ3n) is 1.26. The van der Waals surface area contributed by atoms with Gasteiger partial charge in [-0.15, -0.1) is 11.3 Å². The Morgan fingerprint density at radius 2 is 2.15 bits per heavy atom. The Kier molecular flexibility index (Phi) is 2.79. The van der Waals surface area contributed by atoms with Crippen molar-refractivity contribution in [3.05, 3.63) is 14.7 Å². The highest BCUT2D eigenvalue weighted by atomic mass is 79.9. The Labute approximate surface area is 87.3 Å². The average molecular weight is 285 g/mol. The molecule has 0 aliphatic heterocycles. The maximum atomic E-state index is 11.1. The monoisotopic (exact) mass is 284 g/mol. The van der Waals surface area contributed by atoms with Crippen molar-refractivity contribution in [1.29, 1.82) is 0 Å². The zero-order chi connectivity index (χ0) is 10.2. The van der Waals surface area contributed by atoms with Gasteiger partial charge in [0.2, 0.25) is 0 Å². The minimum Gasteiger partial charge on any atom is -0.477 e. The Balaban J connectivity index is 3.46. The van der Waals surface area contributed by atoms with E-state index in [0.29, 0.717) is 3.79 Å². The molecule has 0 amide bonds. The van der Waals surface area contributed by atoms with Crippen molar-refractivity contribution in [2.45, 2.75) is 4.90 Å². The summed E-state index contributed by atoms with van der Waals surface area (Å²) in [5, 5.41) is 8.67. The van der Waals surface area contributed by atoms with Gasteiger partial charge < -0.3 is 5.11 Å². The zero-order valence-electron chi connectivity index (χ0n) is 6.44. The van der Waals surface area contributed by atoms with E-state index in [1.807, 2.05) is 0 Å². The lowest BCUT2D eigenvalue weighted by Gasteiger charge is -1.94. The van der Waals surface area contributed by atoms with Crippen LogP contribution in [0.1, 0.15) is 9.67 Å². The van der Waals surface area contributed by atoms with Gasteiger partial charge >= 0.3 is 5.97 Å². The molecule has 4 nitrogen and oxygen atoms in total. The van der Waals surface area contributed by atoms with Gasteiger partial charge in [0, 0.05) is 6.26 Å². The van der Waals surface area contributed by atoms with E-state index >= 15 is 0 Å². The molecule has 1 rings (SSSR count). The molecular weight excluding hydrogens is 280 g/mol. The van der Waals surface area contributed by atoms with Gasteiger partial charge in [-0.2, -0.15) is 0 Å². The standard InChI is InChI=1S/C6H5BrO4S2/c1-13(10,11)3-2-4(7)12-5(3)6(8)9/h2H,1H3,(H,8,9). The van der Waals surface area contributed by atoms with Crippen LogP contribution in [0, 0.1) is 0 Å². The van der Waals surface area contributed by atoms with Gasteiger partial charge in [0.1, 0.15) is 4.88 Å². The summed E-state index contributed by atoms with van der Waals surface area (Å²) in [5.74, 6) is -1.23. The zero-order valence-corrected chi connectivity index (χ0v) is 9.66. The van der Waals surface area contributed by atoms with Gasteiger partial charge in [-0.1, -0.05) is 0 Å². The highest BCUT2D eigenvalue weighted by Gasteiger charge is 2.21. The van der Waals surface area contributed by atoms with Gasteiger partial charge in [-0.25, -0.2) is 13.2 Å². The van der Waals surface area contributed by atoms with Crippen LogP contribution in [0.5, 0.6) is 0 Å². The molecule has 1 N–H and O–H groups in total. The molecule has 0 radical (unpaired) electrons. The Hall–Kier alpha value is -0.400. The van der Waals surface area contributed by atoms with E-state index in [1.165, 1.54) is 6.07 Å². The molecule has 7 heteroatoms. The summed E-state index contributed by atoms with van der Waals surface area (Å²) < 4.78 is 22.7. The average Bonchev–Trinajstić information content (AvgIpc) is 2.29. The maximum Gasteiger partial charge on any atom is 0.347 e. The summed E-state index contributed by atoms with van der Waals surface area (Å²) in [6.07, 6.45) is 0.980. The normalized spacial score (nSPS) is 11.5. The van der Waals surface area contributed by atoms with Crippen LogP contribution in [0.15, 0.2) is 14.7 Å². The molecule has 0 fully saturated rings. The highest BCUT2D eigenvalue weighted by molar-refractivity contribution is 9.11. The van der Waals surface area contributed by atoms with Crippen LogP contribution in [0.4, 0.5) is 0 Å². The first-order chi connectivity index (χ1) is 5.82. The lowest BCUT2D eigenvalue weighted by molar-refractivity contribution is 0.0698. The highest BCUT2D eigenvalue weighted by Crippen LogP contribution is 2.30. The van der Waals surface area contributed by atoms with Crippen molar-refractivity contribution in [3.8, 4) is 0 Å². The molecule has 1 heterocycles. The Bertz CT molecular complexity index is 445. The summed E-state index contributed by atoms with van der Waals surface area (Å²) in [6.45, 7) is 0. The molecule has 0 saturated heterocycles. The number of carboxylic acids is 1. The summed E-state index contributed by atoms with van der Waals surface area (Å²) in [7, 11) is -3.46. The van der Waals surface area contributed by atoms with Crippen LogP contribution in [0.25, 0.3) is 0 Å². The smallest absolute Gasteiger partial charge is 0.347 e. The molecule has 0 saturated carbocycles. The van der Waals surface area contributed by atoms with Crippen molar-refractivity contribution < 1.29 is 18.3 Å². The number of carbonyl (C=O) groups is 1. The Morgan fingerprint density at radius 3 is 2.46 bits per heavy atom. The topological polar surface area (TPSA) is 71.4 Å². The quantitative estimate of drug-likeness (QED) is 0.896. The number of hydrogen-bond donors (Lipinski definition) is 1. The van der Waals surface area contributed by atoms with Crippen LogP contribution in [0.3, 0.4) is 0 Å². The fraction of sp³-hybridized carbons (Fsp3) is 0.167. The molecule has 72 valence electrons. The number of aromatic carboxylic acids is 1. The molecule has 0 aliphatic rings. The second kappa shape index (κ2) is 3.39. The first-order valence-corrected chi connectivity index (χ1v) is 6.55. The van der Waals surface area contributed by atoms with E-state index in [9.17, 15) is 13.2 Å². The molecule has 0 atom stereocenters. The number of thiophene rings is 1. The lowest BCUT2D eigenvalue weighted by atomic mass is 10.5. The van der Waals surface area contributed by atoms with Crippen molar-refractivity contribution >= 4 is 43.1 Å². The predicted octanol–water partition coefficient (Wildman–Crippen LogP) is 1.61. The van der Waals surface area contributed by atoms with Crippen LogP contribution in [-0.4, -0.2) is 25.7 Å². The number of sulfone groups is 1. The van der Waals surface area contributed by atoms with Crippen LogP contribution >= 0.6 is 27.3 Å². The molecule has 0 bridgehead atoms.